The van der Waals surface area contributed by atoms with Crippen molar-refractivity contribution in [2.75, 3.05) is 27.2 Å². The van der Waals surface area contributed by atoms with E-state index in [9.17, 15) is 34.8 Å². The number of carbonyl (C=O) groups excluding carboxylic acids is 3. The summed E-state index contributed by atoms with van der Waals surface area (Å²) in [6.45, 7) is 2.70. The van der Waals surface area contributed by atoms with Crippen molar-refractivity contribution in [2.24, 2.45) is 17.6 Å². The Labute approximate surface area is 242 Å². The molecular formula is C31H35N3O8. The van der Waals surface area contributed by atoms with E-state index < -0.39 is 58.0 Å². The van der Waals surface area contributed by atoms with Gasteiger partial charge in [0.25, 0.3) is 5.91 Å². The molecule has 6 rings (SSSR count). The number of aliphatic hydroxyl groups is 3. The summed E-state index contributed by atoms with van der Waals surface area (Å²) < 4.78 is 5.89. The van der Waals surface area contributed by atoms with Crippen LogP contribution in [0.5, 0.6) is 5.75 Å². The van der Waals surface area contributed by atoms with Crippen molar-refractivity contribution in [3.8, 4) is 16.9 Å². The molecule has 222 valence electrons. The molecule has 0 bridgehead atoms. The standard InChI is InChI=1S/C31H35N3O8/c1-33(2)25-20-12-15-11-19-18(16-10-17(42-14-16)13-34-8-4-3-5-9-34)6-7-21(35)23(19)26(36)22(15)28(38)31(20,41)29(39)24(27(25)37)30(32)40/h6-7,10,14-15,20,25,35-36,39,41H,3-5,8-9,11-13H2,1-2H3,(H2,32,40)/t15-,20-,25-,31-/m0/s1. The van der Waals surface area contributed by atoms with Crippen molar-refractivity contribution in [3.63, 3.8) is 0 Å². The molecule has 1 aliphatic heterocycles. The van der Waals surface area contributed by atoms with Gasteiger partial charge in [0.05, 0.1) is 24.4 Å². The molecule has 4 atom stereocenters. The van der Waals surface area contributed by atoms with E-state index in [4.69, 9.17) is 10.2 Å². The van der Waals surface area contributed by atoms with Gasteiger partial charge in [0.15, 0.2) is 11.4 Å². The van der Waals surface area contributed by atoms with Crippen LogP contribution in [0.15, 0.2) is 45.8 Å². The van der Waals surface area contributed by atoms with Crippen LogP contribution in [0.2, 0.25) is 0 Å². The molecule has 3 aliphatic carbocycles. The second kappa shape index (κ2) is 10.1. The Morgan fingerprint density at radius 2 is 1.86 bits per heavy atom. The Morgan fingerprint density at radius 3 is 2.52 bits per heavy atom. The van der Waals surface area contributed by atoms with Crippen molar-refractivity contribution in [1.82, 2.24) is 9.80 Å². The van der Waals surface area contributed by atoms with E-state index in [0.29, 0.717) is 12.1 Å². The summed E-state index contributed by atoms with van der Waals surface area (Å²) in [5.74, 6) is -5.91. The third-order valence-corrected chi connectivity index (χ3v) is 9.40. The zero-order valence-electron chi connectivity index (χ0n) is 23.6. The van der Waals surface area contributed by atoms with E-state index in [1.165, 1.54) is 17.4 Å². The zero-order valence-corrected chi connectivity index (χ0v) is 23.6. The van der Waals surface area contributed by atoms with Gasteiger partial charge < -0.3 is 30.6 Å². The van der Waals surface area contributed by atoms with Crippen molar-refractivity contribution in [1.29, 1.82) is 0 Å². The van der Waals surface area contributed by atoms with Gasteiger partial charge in [0.2, 0.25) is 5.78 Å². The largest absolute Gasteiger partial charge is 0.508 e. The van der Waals surface area contributed by atoms with Gasteiger partial charge in [0, 0.05) is 17.1 Å². The molecule has 1 saturated carbocycles. The lowest BCUT2D eigenvalue weighted by Crippen LogP contribution is -2.65. The molecule has 1 amide bonds. The number of piperidine rings is 1. The fraction of sp³-hybridized carbons (Fsp3) is 0.452. The molecule has 42 heavy (non-hydrogen) atoms. The number of hydrogen-bond donors (Lipinski definition) is 5. The SMILES string of the molecule is CN(C)[C@@H]1C(=O)C(C(N)=O)=C(O)[C@@]2(O)C(=O)C3=C(O)c4c(O)ccc(-c5coc(CN6CCCCC6)c5)c4C[C@H]3C[C@@H]12. The Balaban J connectivity index is 1.44. The number of hydrogen-bond acceptors (Lipinski definition) is 10. The Bertz CT molecular complexity index is 1560. The van der Waals surface area contributed by atoms with Crippen LogP contribution in [0.25, 0.3) is 16.9 Å². The average Bonchev–Trinajstić information content (AvgIpc) is 3.39. The summed E-state index contributed by atoms with van der Waals surface area (Å²) in [7, 11) is 3.15. The number of likely N-dealkylation sites (tertiary alicyclic amines) is 1. The fourth-order valence-electron chi connectivity index (χ4n) is 7.46. The lowest BCUT2D eigenvalue weighted by Gasteiger charge is -2.50. The minimum absolute atomic E-state index is 0.0342. The summed E-state index contributed by atoms with van der Waals surface area (Å²) >= 11 is 0. The van der Waals surface area contributed by atoms with E-state index in [-0.39, 0.29) is 29.7 Å². The number of fused-ring (bicyclic) bond motifs is 3. The first kappa shape index (κ1) is 28.2. The number of phenols is 1. The van der Waals surface area contributed by atoms with E-state index in [2.05, 4.69) is 4.90 Å². The van der Waals surface area contributed by atoms with Crippen molar-refractivity contribution in [3.05, 3.63) is 58.3 Å². The molecule has 11 heteroatoms. The zero-order chi connectivity index (χ0) is 30.1. The number of aliphatic hydroxyl groups excluding tert-OH is 2. The Morgan fingerprint density at radius 1 is 1.14 bits per heavy atom. The molecule has 2 fully saturated rings. The van der Waals surface area contributed by atoms with E-state index in [1.807, 2.05) is 6.07 Å². The van der Waals surface area contributed by atoms with E-state index >= 15 is 0 Å². The smallest absolute Gasteiger partial charge is 0.255 e. The number of aromatic hydroxyl groups is 1. The molecule has 6 N–H and O–H groups in total. The molecular weight excluding hydrogens is 542 g/mol. The van der Waals surface area contributed by atoms with Gasteiger partial charge in [-0.15, -0.1) is 0 Å². The van der Waals surface area contributed by atoms with Gasteiger partial charge in [-0.2, -0.15) is 0 Å². The predicted molar refractivity (Wildman–Crippen MR) is 151 cm³/mol. The second-order valence-corrected chi connectivity index (χ2v) is 12.1. The van der Waals surface area contributed by atoms with Gasteiger partial charge in [-0.1, -0.05) is 12.5 Å². The highest BCUT2D eigenvalue weighted by atomic mass is 16.3. The monoisotopic (exact) mass is 577 g/mol. The first-order valence-electron chi connectivity index (χ1n) is 14.2. The van der Waals surface area contributed by atoms with Crippen LogP contribution in [-0.2, 0) is 27.3 Å². The van der Waals surface area contributed by atoms with Crippen molar-refractivity contribution in [2.45, 2.75) is 50.3 Å². The highest BCUT2D eigenvalue weighted by molar-refractivity contribution is 6.24. The molecule has 4 aliphatic rings. The number of Topliss-reactive ketones (excluding diaryl/α,β-unsaturated/α-hetero) is 2. The van der Waals surface area contributed by atoms with Gasteiger partial charge in [0.1, 0.15) is 28.6 Å². The molecule has 2 aromatic rings. The number of furan rings is 1. The number of amides is 1. The third-order valence-electron chi connectivity index (χ3n) is 9.40. The molecule has 1 saturated heterocycles. The van der Waals surface area contributed by atoms with Gasteiger partial charge >= 0.3 is 0 Å². The summed E-state index contributed by atoms with van der Waals surface area (Å²) in [4.78, 5) is 43.3. The van der Waals surface area contributed by atoms with Gasteiger partial charge in [-0.25, -0.2) is 0 Å². The molecule has 11 nitrogen and oxygen atoms in total. The van der Waals surface area contributed by atoms with Gasteiger partial charge in [-0.05, 0) is 82.0 Å². The van der Waals surface area contributed by atoms with Gasteiger partial charge in [-0.3, -0.25) is 24.2 Å². The number of carbonyl (C=O) groups is 3. The average molecular weight is 578 g/mol. The molecule has 0 unspecified atom stereocenters. The van der Waals surface area contributed by atoms with Crippen LogP contribution < -0.4 is 5.73 Å². The highest BCUT2D eigenvalue weighted by Gasteiger charge is 2.64. The number of ketones is 2. The maximum Gasteiger partial charge on any atom is 0.255 e. The first-order valence-corrected chi connectivity index (χ1v) is 14.2. The maximum absolute atomic E-state index is 14.0. The first-order chi connectivity index (χ1) is 19.9. The quantitative estimate of drug-likeness (QED) is 0.331. The molecule has 0 radical (unpaired) electrons. The van der Waals surface area contributed by atoms with Crippen LogP contribution in [0, 0.1) is 11.8 Å². The summed E-state index contributed by atoms with van der Waals surface area (Å²) in [5.41, 5.74) is 3.86. The van der Waals surface area contributed by atoms with Crippen molar-refractivity contribution >= 4 is 23.2 Å². The lowest BCUT2D eigenvalue weighted by atomic mass is 9.57. The third kappa shape index (κ3) is 4.10. The number of likely N-dealkylation sites (N-methyl/N-ethyl adjacent to an activating group) is 1. The normalized spacial score (nSPS) is 28.1. The number of phenolic OH excluding ortho intramolecular Hbond substituents is 1. The minimum Gasteiger partial charge on any atom is -0.508 e. The highest BCUT2D eigenvalue weighted by Crippen LogP contribution is 2.53. The topological polar surface area (TPSA) is 178 Å². The van der Waals surface area contributed by atoms with Crippen LogP contribution in [-0.4, -0.2) is 86.5 Å². The van der Waals surface area contributed by atoms with E-state index in [1.54, 1.807) is 26.4 Å². The molecule has 1 aromatic heterocycles. The lowest BCUT2D eigenvalue weighted by molar-refractivity contribution is -0.153. The number of rotatable bonds is 5. The van der Waals surface area contributed by atoms with E-state index in [0.717, 1.165) is 42.8 Å². The predicted octanol–water partition coefficient (Wildman–Crippen LogP) is 2.21. The van der Waals surface area contributed by atoms with Crippen LogP contribution in [0.4, 0.5) is 0 Å². The molecule has 1 aromatic carbocycles. The number of nitrogens with zero attached hydrogens (tertiary/aromatic N) is 2. The number of primary amides is 1. The Kier molecular flexibility index (Phi) is 6.79. The van der Waals surface area contributed by atoms with Crippen molar-refractivity contribution < 1.29 is 39.2 Å². The summed E-state index contributed by atoms with van der Waals surface area (Å²) in [6.07, 6.45) is 5.42. The number of benzene rings is 1. The summed E-state index contributed by atoms with van der Waals surface area (Å²) in [5, 5.41) is 45.1. The maximum atomic E-state index is 14.0. The second-order valence-electron chi connectivity index (χ2n) is 12.1. The van der Waals surface area contributed by atoms with Crippen LogP contribution in [0.3, 0.4) is 0 Å². The van der Waals surface area contributed by atoms with Crippen LogP contribution >= 0.6 is 0 Å². The summed E-state index contributed by atoms with van der Waals surface area (Å²) in [6, 6.07) is 3.98. The Hall–Kier alpha value is -3.93. The molecule has 0 spiro atoms. The molecule has 2 heterocycles. The minimum atomic E-state index is -2.66. The van der Waals surface area contributed by atoms with Crippen LogP contribution in [0.1, 0.15) is 42.6 Å². The number of nitrogens with two attached hydrogens (primary N) is 1. The fourth-order valence-corrected chi connectivity index (χ4v) is 7.46.